The van der Waals surface area contributed by atoms with Crippen LogP contribution in [0.2, 0.25) is 0 Å². The molecular weight excluding hydrogens is 483 g/mol. The maximum atomic E-state index is 5.55. The van der Waals surface area contributed by atoms with Gasteiger partial charge in [0.1, 0.15) is 0 Å². The normalized spacial score (nSPS) is 15.9. The zero-order chi connectivity index (χ0) is 20.2. The van der Waals surface area contributed by atoms with E-state index in [1.54, 1.807) is 14.2 Å². The van der Waals surface area contributed by atoms with Crippen molar-refractivity contribution in [2.24, 2.45) is 4.99 Å². The summed E-state index contributed by atoms with van der Waals surface area (Å²) in [5, 5.41) is 6.77. The van der Waals surface area contributed by atoms with Gasteiger partial charge in [0.25, 0.3) is 0 Å². The first-order valence-corrected chi connectivity index (χ1v) is 10.3. The molecule has 0 spiro atoms. The number of halogens is 1. The van der Waals surface area contributed by atoms with Gasteiger partial charge < -0.3 is 24.8 Å². The summed E-state index contributed by atoms with van der Waals surface area (Å²) >= 11 is 0. The van der Waals surface area contributed by atoms with Gasteiger partial charge in [-0.2, -0.15) is 0 Å². The van der Waals surface area contributed by atoms with E-state index in [2.05, 4.69) is 41.5 Å². The summed E-state index contributed by atoms with van der Waals surface area (Å²) < 4.78 is 16.5. The maximum absolute atomic E-state index is 5.55. The van der Waals surface area contributed by atoms with Crippen LogP contribution >= 0.6 is 24.0 Å². The van der Waals surface area contributed by atoms with Crippen molar-refractivity contribution in [3.05, 3.63) is 23.8 Å². The van der Waals surface area contributed by atoms with Gasteiger partial charge in [0.2, 0.25) is 0 Å². The quantitative estimate of drug-likeness (QED) is 0.214. The Bertz CT molecular complexity index is 610. The molecule has 1 aromatic rings. The van der Waals surface area contributed by atoms with E-state index in [1.165, 1.54) is 5.56 Å². The lowest BCUT2D eigenvalue weighted by atomic mass is 10.0. The Kier molecular flexibility index (Phi) is 13.0. The molecule has 1 aromatic carbocycles. The summed E-state index contributed by atoms with van der Waals surface area (Å²) in [4.78, 5) is 7.31. The highest BCUT2D eigenvalue weighted by Crippen LogP contribution is 2.32. The van der Waals surface area contributed by atoms with Crippen LogP contribution in [0.15, 0.2) is 23.2 Å². The minimum atomic E-state index is 0. The second-order valence-electron chi connectivity index (χ2n) is 6.78. The molecule has 1 unspecified atom stereocenters. The average molecular weight is 520 g/mol. The molecule has 0 aliphatic carbocycles. The number of methoxy groups -OCH3 is 2. The highest BCUT2D eigenvalue weighted by molar-refractivity contribution is 14.0. The number of hydrogen-bond donors (Lipinski definition) is 2. The van der Waals surface area contributed by atoms with Crippen molar-refractivity contribution >= 4 is 29.9 Å². The Labute approximate surface area is 192 Å². The van der Waals surface area contributed by atoms with Crippen LogP contribution in [0.5, 0.6) is 11.5 Å². The number of unbranched alkanes of at least 4 members (excludes halogenated alkanes) is 1. The number of morpholine rings is 1. The Hall–Kier alpha value is -1.26. The smallest absolute Gasteiger partial charge is 0.191 e. The third-order valence-corrected chi connectivity index (χ3v) is 4.87. The second-order valence-corrected chi connectivity index (χ2v) is 6.78. The van der Waals surface area contributed by atoms with Crippen LogP contribution in [-0.2, 0) is 4.74 Å². The summed E-state index contributed by atoms with van der Waals surface area (Å²) in [5.41, 5.74) is 1.17. The predicted molar refractivity (Wildman–Crippen MR) is 129 cm³/mol. The van der Waals surface area contributed by atoms with Gasteiger partial charge in [-0.1, -0.05) is 19.4 Å². The number of aliphatic imine (C=N–C) groups is 1. The van der Waals surface area contributed by atoms with Crippen molar-refractivity contribution < 1.29 is 14.2 Å². The van der Waals surface area contributed by atoms with Crippen LogP contribution in [0.3, 0.4) is 0 Å². The standard InChI is InChI=1S/C21H36N4O3.HI/c1-5-7-10-23-21(22-6-2)24-16-18(25-11-13-28-14-12-25)17-8-9-19(26-3)20(15-17)27-4;/h8-9,15,18H,5-7,10-14,16H2,1-4H3,(H2,22,23,24);1H. The molecule has 0 saturated carbocycles. The van der Waals surface area contributed by atoms with Crippen molar-refractivity contribution in [3.8, 4) is 11.5 Å². The molecule has 0 amide bonds. The zero-order valence-electron chi connectivity index (χ0n) is 18.2. The average Bonchev–Trinajstić information content (AvgIpc) is 2.74. The van der Waals surface area contributed by atoms with Crippen molar-refractivity contribution in [3.63, 3.8) is 0 Å². The van der Waals surface area contributed by atoms with Crippen LogP contribution < -0.4 is 20.1 Å². The monoisotopic (exact) mass is 520 g/mol. The number of rotatable bonds is 10. The molecule has 1 atom stereocenters. The number of guanidine groups is 1. The number of hydrogen-bond acceptors (Lipinski definition) is 5. The molecule has 2 rings (SSSR count). The molecule has 0 aromatic heterocycles. The molecule has 1 aliphatic rings. The van der Waals surface area contributed by atoms with Crippen molar-refractivity contribution in [2.45, 2.75) is 32.7 Å². The molecule has 8 heteroatoms. The lowest BCUT2D eigenvalue weighted by Gasteiger charge is -2.34. The van der Waals surface area contributed by atoms with E-state index in [1.807, 2.05) is 6.07 Å². The van der Waals surface area contributed by atoms with Crippen LogP contribution in [0.25, 0.3) is 0 Å². The number of nitrogens with zero attached hydrogens (tertiary/aromatic N) is 2. The van der Waals surface area contributed by atoms with Gasteiger partial charge in [0, 0.05) is 26.2 Å². The third-order valence-electron chi connectivity index (χ3n) is 4.87. The first kappa shape index (κ1) is 25.8. The summed E-state index contributed by atoms with van der Waals surface area (Å²) in [6.45, 7) is 10.0. The SMILES string of the molecule is CCCCNC(=NCC(c1ccc(OC)c(OC)c1)N1CCOCC1)NCC.I. The van der Waals surface area contributed by atoms with Gasteiger partial charge >= 0.3 is 0 Å². The summed E-state index contributed by atoms with van der Waals surface area (Å²) in [5.74, 6) is 2.36. The van der Waals surface area contributed by atoms with E-state index in [0.29, 0.717) is 6.54 Å². The fourth-order valence-electron chi connectivity index (χ4n) is 3.28. The van der Waals surface area contributed by atoms with Crippen LogP contribution in [0.1, 0.15) is 38.3 Å². The first-order chi connectivity index (χ1) is 13.7. The van der Waals surface area contributed by atoms with E-state index in [9.17, 15) is 0 Å². The molecule has 1 fully saturated rings. The first-order valence-electron chi connectivity index (χ1n) is 10.3. The zero-order valence-corrected chi connectivity index (χ0v) is 20.5. The predicted octanol–water partition coefficient (Wildman–Crippen LogP) is 3.05. The van der Waals surface area contributed by atoms with E-state index >= 15 is 0 Å². The van der Waals surface area contributed by atoms with Crippen LogP contribution in [-0.4, -0.2) is 71.0 Å². The fourth-order valence-corrected chi connectivity index (χ4v) is 3.28. The van der Waals surface area contributed by atoms with Gasteiger partial charge in [0.05, 0.1) is 40.0 Å². The highest BCUT2D eigenvalue weighted by atomic mass is 127. The fraction of sp³-hybridized carbons (Fsp3) is 0.667. The van der Waals surface area contributed by atoms with Gasteiger partial charge in [-0.25, -0.2) is 0 Å². The molecule has 0 radical (unpaired) electrons. The lowest BCUT2D eigenvalue weighted by molar-refractivity contribution is 0.0179. The van der Waals surface area contributed by atoms with Crippen molar-refractivity contribution in [2.75, 3.05) is 60.2 Å². The highest BCUT2D eigenvalue weighted by Gasteiger charge is 2.24. The van der Waals surface area contributed by atoms with E-state index in [-0.39, 0.29) is 30.0 Å². The van der Waals surface area contributed by atoms with E-state index in [4.69, 9.17) is 19.2 Å². The van der Waals surface area contributed by atoms with Gasteiger partial charge in [-0.3, -0.25) is 9.89 Å². The summed E-state index contributed by atoms with van der Waals surface area (Å²) in [6.07, 6.45) is 2.29. The largest absolute Gasteiger partial charge is 0.493 e. The molecule has 1 heterocycles. The molecule has 29 heavy (non-hydrogen) atoms. The molecule has 7 nitrogen and oxygen atoms in total. The Morgan fingerprint density at radius 3 is 2.48 bits per heavy atom. The number of benzene rings is 1. The Morgan fingerprint density at radius 1 is 1.14 bits per heavy atom. The lowest BCUT2D eigenvalue weighted by Crippen LogP contribution is -2.42. The van der Waals surface area contributed by atoms with Gasteiger partial charge in [0.15, 0.2) is 17.5 Å². The van der Waals surface area contributed by atoms with Gasteiger partial charge in [-0.05, 0) is 31.0 Å². The third kappa shape index (κ3) is 8.18. The minimum Gasteiger partial charge on any atom is -0.493 e. The molecule has 1 saturated heterocycles. The number of ether oxygens (including phenoxy) is 3. The van der Waals surface area contributed by atoms with Crippen LogP contribution in [0, 0.1) is 0 Å². The van der Waals surface area contributed by atoms with E-state index in [0.717, 1.165) is 69.7 Å². The molecule has 166 valence electrons. The molecular formula is C21H37IN4O3. The Morgan fingerprint density at radius 2 is 1.86 bits per heavy atom. The molecule has 2 N–H and O–H groups in total. The minimum absolute atomic E-state index is 0. The summed E-state index contributed by atoms with van der Waals surface area (Å²) in [6, 6.07) is 6.29. The molecule has 0 bridgehead atoms. The number of nitrogens with one attached hydrogen (secondary N) is 2. The summed E-state index contributed by atoms with van der Waals surface area (Å²) in [7, 11) is 3.33. The van der Waals surface area contributed by atoms with Crippen molar-refractivity contribution in [1.82, 2.24) is 15.5 Å². The Balaban J connectivity index is 0.00000420. The molecule has 1 aliphatic heterocycles. The topological polar surface area (TPSA) is 67.4 Å². The van der Waals surface area contributed by atoms with Crippen LogP contribution in [0.4, 0.5) is 0 Å². The van der Waals surface area contributed by atoms with Gasteiger partial charge in [-0.15, -0.1) is 24.0 Å². The maximum Gasteiger partial charge on any atom is 0.191 e. The van der Waals surface area contributed by atoms with E-state index < -0.39 is 0 Å². The van der Waals surface area contributed by atoms with Crippen molar-refractivity contribution in [1.29, 1.82) is 0 Å². The second kappa shape index (κ2) is 14.7.